The lowest BCUT2D eigenvalue weighted by Gasteiger charge is -2.27. The molecule has 0 aliphatic heterocycles. The maximum Gasteiger partial charge on any atom is 0.167 e. The highest BCUT2D eigenvalue weighted by molar-refractivity contribution is 6.00. The first-order chi connectivity index (χ1) is 10.6. The number of methoxy groups -OCH3 is 1. The largest absolute Gasteiger partial charge is 0.497 e. The summed E-state index contributed by atoms with van der Waals surface area (Å²) in [6, 6.07) is 11.7. The van der Waals surface area contributed by atoms with Crippen LogP contribution in [-0.4, -0.2) is 17.9 Å². The zero-order valence-corrected chi connectivity index (χ0v) is 13.3. The van der Waals surface area contributed by atoms with Gasteiger partial charge < -0.3 is 4.74 Å². The lowest BCUT2D eigenvalue weighted by atomic mass is 9.78. The highest BCUT2D eigenvalue weighted by Crippen LogP contribution is 2.36. The Hall–Kier alpha value is -2.16. The molecule has 0 amide bonds. The first-order valence-electron chi connectivity index (χ1n) is 7.83. The van der Waals surface area contributed by atoms with Crippen LogP contribution in [0.4, 0.5) is 0 Å². The molecule has 1 heterocycles. The Kier molecular flexibility index (Phi) is 3.97. The quantitative estimate of drug-likeness (QED) is 0.838. The smallest absolute Gasteiger partial charge is 0.167 e. The molecule has 1 aromatic carbocycles. The predicted molar refractivity (Wildman–Crippen MR) is 87.4 cm³/mol. The molecule has 0 saturated carbocycles. The summed E-state index contributed by atoms with van der Waals surface area (Å²) >= 11 is 0. The molecule has 1 aromatic heterocycles. The number of pyridine rings is 1. The van der Waals surface area contributed by atoms with E-state index >= 15 is 0 Å². The highest BCUT2D eigenvalue weighted by atomic mass is 16.5. The van der Waals surface area contributed by atoms with Gasteiger partial charge in [-0.2, -0.15) is 0 Å². The third-order valence-electron chi connectivity index (χ3n) is 4.52. The third kappa shape index (κ3) is 2.52. The summed E-state index contributed by atoms with van der Waals surface area (Å²) in [5, 5.41) is 0. The van der Waals surface area contributed by atoms with Crippen LogP contribution in [0.2, 0.25) is 0 Å². The standard InChI is InChI=1S/C19H21NO2/c1-4-13-10-12(2)18-16(19(13)21)8-9-17(20-18)14-6-5-7-15(11-14)22-3/h5-9,11-13H,4,10H2,1-3H3/t12-,13-/m0/s1. The second-order valence-electron chi connectivity index (χ2n) is 5.97. The van der Waals surface area contributed by atoms with E-state index in [-0.39, 0.29) is 11.7 Å². The number of hydrogen-bond donors (Lipinski definition) is 0. The minimum Gasteiger partial charge on any atom is -0.497 e. The van der Waals surface area contributed by atoms with E-state index in [1.54, 1.807) is 7.11 Å². The molecule has 1 aliphatic rings. The molecule has 0 bridgehead atoms. The number of ether oxygens (including phenoxy) is 1. The second-order valence-corrected chi connectivity index (χ2v) is 5.97. The van der Waals surface area contributed by atoms with Gasteiger partial charge in [0.05, 0.1) is 18.5 Å². The van der Waals surface area contributed by atoms with Gasteiger partial charge in [-0.25, -0.2) is 0 Å². The zero-order chi connectivity index (χ0) is 15.7. The monoisotopic (exact) mass is 295 g/mol. The molecular formula is C19H21NO2. The van der Waals surface area contributed by atoms with Gasteiger partial charge in [0.15, 0.2) is 5.78 Å². The molecule has 3 heteroatoms. The zero-order valence-electron chi connectivity index (χ0n) is 13.3. The van der Waals surface area contributed by atoms with Gasteiger partial charge in [-0.1, -0.05) is 26.0 Å². The molecule has 0 N–H and O–H groups in total. The van der Waals surface area contributed by atoms with E-state index in [4.69, 9.17) is 9.72 Å². The minimum absolute atomic E-state index is 0.145. The van der Waals surface area contributed by atoms with Crippen molar-refractivity contribution < 1.29 is 9.53 Å². The summed E-state index contributed by atoms with van der Waals surface area (Å²) in [5.41, 5.74) is 3.65. The van der Waals surface area contributed by atoms with Crippen molar-refractivity contribution in [3.63, 3.8) is 0 Å². The van der Waals surface area contributed by atoms with Gasteiger partial charge in [0.25, 0.3) is 0 Å². The summed E-state index contributed by atoms with van der Waals surface area (Å²) in [5.74, 6) is 1.53. The first kappa shape index (κ1) is 14.8. The van der Waals surface area contributed by atoms with Crippen molar-refractivity contribution in [3.05, 3.63) is 47.7 Å². The molecule has 0 spiro atoms. The molecule has 0 fully saturated rings. The summed E-state index contributed by atoms with van der Waals surface area (Å²) in [7, 11) is 1.66. The fourth-order valence-electron chi connectivity index (χ4n) is 3.22. The molecule has 3 nitrogen and oxygen atoms in total. The van der Waals surface area contributed by atoms with E-state index in [9.17, 15) is 4.79 Å². The van der Waals surface area contributed by atoms with Gasteiger partial charge in [0, 0.05) is 17.0 Å². The van der Waals surface area contributed by atoms with Gasteiger partial charge in [0.1, 0.15) is 5.75 Å². The first-order valence-corrected chi connectivity index (χ1v) is 7.83. The van der Waals surface area contributed by atoms with Crippen LogP contribution in [0.15, 0.2) is 36.4 Å². The van der Waals surface area contributed by atoms with Crippen LogP contribution in [0, 0.1) is 5.92 Å². The van der Waals surface area contributed by atoms with E-state index in [2.05, 4.69) is 13.8 Å². The Labute approximate surface area is 131 Å². The number of fused-ring (bicyclic) bond motifs is 1. The average molecular weight is 295 g/mol. The third-order valence-corrected chi connectivity index (χ3v) is 4.52. The summed E-state index contributed by atoms with van der Waals surface area (Å²) in [6.45, 7) is 4.24. The van der Waals surface area contributed by atoms with E-state index < -0.39 is 0 Å². The second kappa shape index (κ2) is 5.91. The van der Waals surface area contributed by atoms with Gasteiger partial charge in [0.2, 0.25) is 0 Å². The van der Waals surface area contributed by atoms with Gasteiger partial charge in [-0.3, -0.25) is 9.78 Å². The van der Waals surface area contributed by atoms with Crippen molar-refractivity contribution in [3.8, 4) is 17.0 Å². The normalized spacial score (nSPS) is 20.6. The molecule has 0 saturated heterocycles. The molecule has 2 atom stereocenters. The number of carbonyl (C=O) groups excluding carboxylic acids is 1. The van der Waals surface area contributed by atoms with Crippen molar-refractivity contribution in [2.45, 2.75) is 32.6 Å². The maximum atomic E-state index is 12.5. The molecule has 3 rings (SSSR count). The van der Waals surface area contributed by atoms with E-state index in [1.165, 1.54) is 0 Å². The van der Waals surface area contributed by atoms with Crippen LogP contribution >= 0.6 is 0 Å². The van der Waals surface area contributed by atoms with Crippen molar-refractivity contribution in [2.75, 3.05) is 7.11 Å². The van der Waals surface area contributed by atoms with Crippen LogP contribution in [-0.2, 0) is 0 Å². The van der Waals surface area contributed by atoms with Gasteiger partial charge in [-0.05, 0) is 43.0 Å². The molecule has 1 aliphatic carbocycles. The number of ketones is 1. The molecule has 2 aromatic rings. The molecule has 0 unspecified atom stereocenters. The van der Waals surface area contributed by atoms with Gasteiger partial charge in [-0.15, -0.1) is 0 Å². The highest BCUT2D eigenvalue weighted by Gasteiger charge is 2.31. The number of rotatable bonds is 3. The van der Waals surface area contributed by atoms with Crippen molar-refractivity contribution in [1.29, 1.82) is 0 Å². The van der Waals surface area contributed by atoms with Crippen LogP contribution in [0.25, 0.3) is 11.3 Å². The Morgan fingerprint density at radius 2 is 2.09 bits per heavy atom. The fourth-order valence-corrected chi connectivity index (χ4v) is 3.22. The Balaban J connectivity index is 2.04. The van der Waals surface area contributed by atoms with Crippen molar-refractivity contribution in [2.24, 2.45) is 5.92 Å². The van der Waals surface area contributed by atoms with E-state index in [1.807, 2.05) is 36.4 Å². The molecule has 114 valence electrons. The lowest BCUT2D eigenvalue weighted by molar-refractivity contribution is 0.0889. The van der Waals surface area contributed by atoms with Crippen LogP contribution in [0.3, 0.4) is 0 Å². The van der Waals surface area contributed by atoms with Crippen molar-refractivity contribution in [1.82, 2.24) is 4.98 Å². The number of carbonyl (C=O) groups is 1. The fraction of sp³-hybridized carbons (Fsp3) is 0.368. The minimum atomic E-state index is 0.145. The SMILES string of the molecule is CC[C@H]1C[C@H](C)c2nc(-c3cccc(OC)c3)ccc2C1=O. The number of hydrogen-bond acceptors (Lipinski definition) is 3. The Bertz CT molecular complexity index is 708. The lowest BCUT2D eigenvalue weighted by Crippen LogP contribution is -2.25. The summed E-state index contributed by atoms with van der Waals surface area (Å²) < 4.78 is 5.27. The number of nitrogens with zero attached hydrogens (tertiary/aromatic N) is 1. The summed E-state index contributed by atoms with van der Waals surface area (Å²) in [6.07, 6.45) is 1.80. The molecule has 0 radical (unpaired) electrons. The van der Waals surface area contributed by atoms with Crippen LogP contribution < -0.4 is 4.74 Å². The Morgan fingerprint density at radius 3 is 2.82 bits per heavy atom. The Morgan fingerprint density at radius 1 is 1.27 bits per heavy atom. The predicted octanol–water partition coefficient (Wildman–Crippen LogP) is 4.47. The van der Waals surface area contributed by atoms with Gasteiger partial charge >= 0.3 is 0 Å². The molecular weight excluding hydrogens is 274 g/mol. The topological polar surface area (TPSA) is 39.2 Å². The van der Waals surface area contributed by atoms with Crippen LogP contribution in [0.5, 0.6) is 5.75 Å². The number of Topliss-reactive ketones (excluding diaryl/α,β-unsaturated/α-hetero) is 1. The van der Waals surface area contributed by atoms with Crippen LogP contribution in [0.1, 0.15) is 48.7 Å². The average Bonchev–Trinajstić information content (AvgIpc) is 2.57. The maximum absolute atomic E-state index is 12.5. The summed E-state index contributed by atoms with van der Waals surface area (Å²) in [4.78, 5) is 17.3. The van der Waals surface area contributed by atoms with Crippen molar-refractivity contribution >= 4 is 5.78 Å². The van der Waals surface area contributed by atoms with E-state index in [0.717, 1.165) is 41.1 Å². The number of aromatic nitrogens is 1. The molecule has 22 heavy (non-hydrogen) atoms. The number of benzene rings is 1. The van der Waals surface area contributed by atoms with E-state index in [0.29, 0.717) is 5.92 Å².